The molecular weight excluding hydrogens is 687 g/mol. The second kappa shape index (κ2) is 14.7. The van der Waals surface area contributed by atoms with Crippen molar-refractivity contribution in [1.29, 1.82) is 0 Å². The van der Waals surface area contributed by atoms with Gasteiger partial charge in [-0.25, -0.2) is 27.5 Å². The van der Waals surface area contributed by atoms with Crippen molar-refractivity contribution < 1.29 is 32.2 Å². The topological polar surface area (TPSA) is 137 Å². The number of carbonyl (C=O) groups excluding carboxylic acids is 1. The van der Waals surface area contributed by atoms with Gasteiger partial charge in [0.05, 0.1) is 29.8 Å². The zero-order valence-electron chi connectivity index (χ0n) is 28.5. The third-order valence-electron chi connectivity index (χ3n) is 9.90. The van der Waals surface area contributed by atoms with Crippen LogP contribution in [0.5, 0.6) is 11.5 Å². The molecule has 0 radical (unpaired) electrons. The van der Waals surface area contributed by atoms with E-state index >= 15 is 0 Å². The number of hydrogen-bond donors (Lipinski definition) is 2. The molecule has 2 atom stereocenters. The third-order valence-corrected chi connectivity index (χ3v) is 11.7. The lowest BCUT2D eigenvalue weighted by molar-refractivity contribution is -0.239. The summed E-state index contributed by atoms with van der Waals surface area (Å²) in [5.74, 6) is -0.952. The molecule has 0 unspecified atom stereocenters. The van der Waals surface area contributed by atoms with Crippen LogP contribution in [0.2, 0.25) is 5.02 Å². The number of sulfonamides is 1. The number of β-amino-alcohol motifs (C(OH)–C–C–N with tert-alkyl or cyclic N) is 1. The Hall–Kier alpha value is -3.40. The van der Waals surface area contributed by atoms with Crippen LogP contribution in [0.3, 0.4) is 0 Å². The van der Waals surface area contributed by atoms with Gasteiger partial charge in [0, 0.05) is 48.6 Å². The van der Waals surface area contributed by atoms with E-state index in [9.17, 15) is 22.7 Å². The van der Waals surface area contributed by atoms with E-state index in [1.54, 1.807) is 11.1 Å². The van der Waals surface area contributed by atoms with Crippen LogP contribution >= 0.6 is 11.6 Å². The molecule has 3 aliphatic heterocycles. The number of benzene rings is 2. The number of aromatic nitrogens is 2. The molecule has 3 saturated heterocycles. The molecule has 0 aliphatic carbocycles. The van der Waals surface area contributed by atoms with E-state index in [0.717, 1.165) is 39.0 Å². The Morgan fingerprint density at radius 2 is 1.88 bits per heavy atom. The zero-order valence-corrected chi connectivity index (χ0v) is 30.1. The number of carbonyl (C=O) groups is 1. The second-order valence-corrected chi connectivity index (χ2v) is 16.0. The molecule has 270 valence electrons. The van der Waals surface area contributed by atoms with Crippen molar-refractivity contribution in [1.82, 2.24) is 24.5 Å². The fourth-order valence-electron chi connectivity index (χ4n) is 7.09. The summed E-state index contributed by atoms with van der Waals surface area (Å²) in [5, 5.41) is 11.7. The summed E-state index contributed by atoms with van der Waals surface area (Å²) >= 11 is 5.89. The molecule has 1 amide bonds. The minimum Gasteiger partial charge on any atom is -0.451 e. The fourth-order valence-corrected chi connectivity index (χ4v) is 8.47. The normalized spacial score (nSPS) is 22.4. The standard InChI is InChI=1S/C35H44ClFN6O6S/c1-4-43(24(2)3)33(44)29-17-26(37)7-10-30(29)49-31-18-38-23-39-32(31)42-20-34(21-42)13-15-41(16-14-34)22-35(45)12-11-27(19-48-35)40-50(46,47)28-8-5-25(36)6-9-28/h5-10,17-18,23-24,27,40,45H,4,11-16,19-22H2,1-3H3/t27-,35-/m1/s1. The van der Waals surface area contributed by atoms with E-state index in [1.165, 1.54) is 48.8 Å². The fraction of sp³-hybridized carbons (Fsp3) is 0.514. The van der Waals surface area contributed by atoms with E-state index in [0.29, 0.717) is 42.5 Å². The Labute approximate surface area is 297 Å². The Bertz CT molecular complexity index is 1770. The maximum Gasteiger partial charge on any atom is 0.257 e. The molecule has 3 aromatic rings. The van der Waals surface area contributed by atoms with Gasteiger partial charge in [-0.15, -0.1) is 0 Å². The summed E-state index contributed by atoms with van der Waals surface area (Å²) < 4.78 is 54.6. The summed E-state index contributed by atoms with van der Waals surface area (Å²) in [4.78, 5) is 28.1. The van der Waals surface area contributed by atoms with Gasteiger partial charge >= 0.3 is 0 Å². The Balaban J connectivity index is 1.02. The first-order chi connectivity index (χ1) is 23.8. The van der Waals surface area contributed by atoms with E-state index < -0.39 is 27.7 Å². The lowest BCUT2D eigenvalue weighted by Crippen LogP contribution is -2.62. The molecule has 3 aliphatic rings. The van der Waals surface area contributed by atoms with Crippen LogP contribution in [0.4, 0.5) is 10.2 Å². The lowest BCUT2D eigenvalue weighted by atomic mass is 9.72. The van der Waals surface area contributed by atoms with Crippen molar-refractivity contribution in [2.45, 2.75) is 69.2 Å². The molecule has 15 heteroatoms. The highest BCUT2D eigenvalue weighted by atomic mass is 35.5. The number of hydrogen-bond acceptors (Lipinski definition) is 10. The molecule has 0 bridgehead atoms. The minimum absolute atomic E-state index is 0.0665. The highest BCUT2D eigenvalue weighted by molar-refractivity contribution is 7.89. The van der Waals surface area contributed by atoms with Gasteiger partial charge in [-0.1, -0.05) is 11.6 Å². The molecule has 0 saturated carbocycles. The molecule has 6 rings (SSSR count). The second-order valence-electron chi connectivity index (χ2n) is 13.8. The van der Waals surface area contributed by atoms with Crippen molar-refractivity contribution >= 4 is 33.3 Å². The third kappa shape index (κ3) is 8.05. The Kier molecular flexibility index (Phi) is 10.7. The predicted molar refractivity (Wildman–Crippen MR) is 186 cm³/mol. The average molecular weight is 731 g/mol. The van der Waals surface area contributed by atoms with Crippen LogP contribution in [-0.4, -0.2) is 103 Å². The summed E-state index contributed by atoms with van der Waals surface area (Å²) in [6.07, 6.45) is 5.61. The minimum atomic E-state index is -3.74. The number of halogens is 2. The summed E-state index contributed by atoms with van der Waals surface area (Å²) in [7, 11) is -3.74. The van der Waals surface area contributed by atoms with Crippen LogP contribution in [0.15, 0.2) is 59.9 Å². The van der Waals surface area contributed by atoms with Gasteiger partial charge < -0.3 is 24.4 Å². The van der Waals surface area contributed by atoms with Crippen molar-refractivity contribution in [3.63, 3.8) is 0 Å². The maximum atomic E-state index is 14.3. The number of aliphatic hydroxyl groups is 1. The van der Waals surface area contributed by atoms with Crippen LogP contribution in [0, 0.1) is 11.2 Å². The zero-order chi connectivity index (χ0) is 35.7. The predicted octanol–water partition coefficient (Wildman–Crippen LogP) is 4.68. The van der Waals surface area contributed by atoms with Crippen molar-refractivity contribution in [2.75, 3.05) is 50.8 Å². The summed E-state index contributed by atoms with van der Waals surface area (Å²) in [6, 6.07) is 9.39. The van der Waals surface area contributed by atoms with Gasteiger partial charge in [-0.2, -0.15) is 0 Å². The Morgan fingerprint density at radius 3 is 2.52 bits per heavy atom. The van der Waals surface area contributed by atoms with Gasteiger partial charge in [0.2, 0.25) is 10.0 Å². The molecule has 12 nitrogen and oxygen atoms in total. The van der Waals surface area contributed by atoms with Crippen LogP contribution in [-0.2, 0) is 14.8 Å². The van der Waals surface area contributed by atoms with Crippen LogP contribution < -0.4 is 14.4 Å². The maximum absolute atomic E-state index is 14.3. The molecule has 2 N–H and O–H groups in total. The monoisotopic (exact) mass is 730 g/mol. The van der Waals surface area contributed by atoms with Gasteiger partial charge in [0.25, 0.3) is 5.91 Å². The van der Waals surface area contributed by atoms with Crippen molar-refractivity contribution in [3.8, 4) is 11.5 Å². The van der Waals surface area contributed by atoms with E-state index in [2.05, 4.69) is 24.5 Å². The molecule has 2 aromatic carbocycles. The lowest BCUT2D eigenvalue weighted by Gasteiger charge is -2.55. The first-order valence-electron chi connectivity index (χ1n) is 17.0. The quantitative estimate of drug-likeness (QED) is 0.286. The van der Waals surface area contributed by atoms with Crippen LogP contribution in [0.1, 0.15) is 56.8 Å². The van der Waals surface area contributed by atoms with Crippen molar-refractivity contribution in [2.24, 2.45) is 5.41 Å². The highest BCUT2D eigenvalue weighted by Gasteiger charge is 2.47. The van der Waals surface area contributed by atoms with Gasteiger partial charge in [-0.05, 0) is 95.6 Å². The van der Waals surface area contributed by atoms with Gasteiger partial charge in [0.15, 0.2) is 17.4 Å². The number of ether oxygens (including phenoxy) is 2. The number of nitrogens with zero attached hydrogens (tertiary/aromatic N) is 5. The molecular formula is C35H44ClFN6O6S. The van der Waals surface area contributed by atoms with Gasteiger partial charge in [-0.3, -0.25) is 9.69 Å². The number of likely N-dealkylation sites (tertiary alicyclic amines) is 1. The summed E-state index contributed by atoms with van der Waals surface area (Å²) in [5.41, 5.74) is 0.219. The number of anilines is 1. The SMILES string of the molecule is CCN(C(=O)c1cc(F)ccc1Oc1cncnc1N1CC2(CCN(C[C@@]3(O)CC[C@@H](NS(=O)(=O)c4ccc(Cl)cc4)CO3)CC2)C1)C(C)C. The number of piperidine rings is 1. The molecule has 3 fully saturated rings. The molecule has 1 aromatic heterocycles. The largest absolute Gasteiger partial charge is 0.451 e. The number of rotatable bonds is 11. The molecule has 50 heavy (non-hydrogen) atoms. The summed E-state index contributed by atoms with van der Waals surface area (Å²) in [6.45, 7) is 9.68. The van der Waals surface area contributed by atoms with E-state index in [1.807, 2.05) is 20.8 Å². The highest BCUT2D eigenvalue weighted by Crippen LogP contribution is 2.45. The number of nitrogens with one attached hydrogen (secondary N) is 1. The van der Waals surface area contributed by atoms with E-state index in [-0.39, 0.29) is 40.2 Å². The van der Waals surface area contributed by atoms with Gasteiger partial charge in [0.1, 0.15) is 17.9 Å². The first-order valence-corrected chi connectivity index (χ1v) is 18.8. The molecule has 4 heterocycles. The molecule has 1 spiro atoms. The van der Waals surface area contributed by atoms with Crippen LogP contribution in [0.25, 0.3) is 0 Å². The smallest absolute Gasteiger partial charge is 0.257 e. The average Bonchev–Trinajstić information content (AvgIpc) is 3.07. The first kappa shape index (κ1) is 36.4. The number of amides is 1. The van der Waals surface area contributed by atoms with E-state index in [4.69, 9.17) is 21.1 Å². The Morgan fingerprint density at radius 1 is 1.16 bits per heavy atom. The van der Waals surface area contributed by atoms with Crippen molar-refractivity contribution in [3.05, 3.63) is 71.4 Å².